The first kappa shape index (κ1) is 22.7. The SMILES string of the molecule is Cc1cccc(N(C(=O)CNCc2cscn2)C2C(=O)N(C3CCCCC3)c3ccccc32)c1. The molecule has 0 bridgehead atoms. The van der Waals surface area contributed by atoms with Gasteiger partial charge in [0.15, 0.2) is 0 Å². The molecule has 2 heterocycles. The molecular weight excluding hydrogens is 444 g/mol. The van der Waals surface area contributed by atoms with Crippen LogP contribution in [0.4, 0.5) is 11.4 Å². The van der Waals surface area contributed by atoms with Crippen molar-refractivity contribution in [2.45, 2.75) is 57.7 Å². The van der Waals surface area contributed by atoms with Crippen LogP contribution in [-0.4, -0.2) is 29.4 Å². The largest absolute Gasteiger partial charge is 0.307 e. The Kier molecular flexibility index (Phi) is 6.74. The molecule has 1 atom stereocenters. The molecule has 2 amide bonds. The van der Waals surface area contributed by atoms with Gasteiger partial charge in [-0.15, -0.1) is 11.3 Å². The van der Waals surface area contributed by atoms with Crippen LogP contribution in [-0.2, 0) is 16.1 Å². The summed E-state index contributed by atoms with van der Waals surface area (Å²) in [5.41, 5.74) is 6.35. The quantitative estimate of drug-likeness (QED) is 0.524. The van der Waals surface area contributed by atoms with E-state index in [1.807, 2.05) is 65.7 Å². The van der Waals surface area contributed by atoms with Gasteiger partial charge in [0, 0.05) is 34.9 Å². The summed E-state index contributed by atoms with van der Waals surface area (Å²) in [6, 6.07) is 15.4. The highest BCUT2D eigenvalue weighted by Gasteiger charge is 2.45. The van der Waals surface area contributed by atoms with Crippen molar-refractivity contribution >= 4 is 34.5 Å². The van der Waals surface area contributed by atoms with Crippen molar-refractivity contribution in [2.24, 2.45) is 0 Å². The van der Waals surface area contributed by atoms with Crippen LogP contribution in [0.3, 0.4) is 0 Å². The zero-order valence-corrected chi connectivity index (χ0v) is 20.3. The van der Waals surface area contributed by atoms with Gasteiger partial charge in [0.25, 0.3) is 5.91 Å². The molecule has 6 nitrogen and oxygen atoms in total. The number of hydrogen-bond acceptors (Lipinski definition) is 5. The lowest BCUT2D eigenvalue weighted by Gasteiger charge is -2.33. The number of thiazole rings is 1. The number of anilines is 2. The Labute approximate surface area is 204 Å². The summed E-state index contributed by atoms with van der Waals surface area (Å²) in [5.74, 6) is -0.123. The molecule has 2 aromatic carbocycles. The van der Waals surface area contributed by atoms with Crippen molar-refractivity contribution in [3.8, 4) is 0 Å². The van der Waals surface area contributed by atoms with Crippen molar-refractivity contribution in [1.82, 2.24) is 10.3 Å². The maximum atomic E-state index is 14.0. The number of hydrogen-bond donors (Lipinski definition) is 1. The number of para-hydroxylation sites is 1. The average molecular weight is 475 g/mol. The van der Waals surface area contributed by atoms with E-state index in [2.05, 4.69) is 10.3 Å². The van der Waals surface area contributed by atoms with Crippen LogP contribution in [0.5, 0.6) is 0 Å². The van der Waals surface area contributed by atoms with Crippen molar-refractivity contribution in [1.29, 1.82) is 0 Å². The number of amides is 2. The molecule has 1 aliphatic carbocycles. The normalized spacial score (nSPS) is 18.2. The van der Waals surface area contributed by atoms with E-state index in [9.17, 15) is 9.59 Å². The first-order chi connectivity index (χ1) is 16.6. The van der Waals surface area contributed by atoms with Crippen molar-refractivity contribution in [2.75, 3.05) is 16.3 Å². The van der Waals surface area contributed by atoms with Crippen LogP contribution in [0.2, 0.25) is 0 Å². The van der Waals surface area contributed by atoms with E-state index in [0.717, 1.165) is 53.9 Å². The molecular formula is C27H30N4O2S. The minimum Gasteiger partial charge on any atom is -0.307 e. The summed E-state index contributed by atoms with van der Waals surface area (Å²) in [4.78, 5) is 35.7. The molecule has 1 saturated carbocycles. The molecule has 2 aliphatic rings. The van der Waals surface area contributed by atoms with Gasteiger partial charge in [-0.25, -0.2) is 4.98 Å². The van der Waals surface area contributed by atoms with E-state index in [4.69, 9.17) is 0 Å². The van der Waals surface area contributed by atoms with Crippen LogP contribution >= 0.6 is 11.3 Å². The number of carbonyl (C=O) groups excluding carboxylic acids is 2. The molecule has 1 fully saturated rings. The zero-order valence-electron chi connectivity index (χ0n) is 19.4. The third-order valence-electron chi connectivity index (χ3n) is 6.77. The van der Waals surface area contributed by atoms with Gasteiger partial charge >= 0.3 is 0 Å². The summed E-state index contributed by atoms with van der Waals surface area (Å²) in [7, 11) is 0. The summed E-state index contributed by atoms with van der Waals surface area (Å²) in [5, 5.41) is 5.18. The molecule has 0 radical (unpaired) electrons. The predicted molar refractivity (Wildman–Crippen MR) is 136 cm³/mol. The third kappa shape index (κ3) is 4.50. The fraction of sp³-hybridized carbons (Fsp3) is 0.370. The first-order valence-electron chi connectivity index (χ1n) is 12.0. The molecule has 1 unspecified atom stereocenters. The Balaban J connectivity index is 1.48. The van der Waals surface area contributed by atoms with Gasteiger partial charge < -0.3 is 10.2 Å². The van der Waals surface area contributed by atoms with Gasteiger partial charge in [-0.1, -0.05) is 49.6 Å². The molecule has 34 heavy (non-hydrogen) atoms. The van der Waals surface area contributed by atoms with Crippen molar-refractivity contribution < 1.29 is 9.59 Å². The summed E-state index contributed by atoms with van der Waals surface area (Å²) in [6.07, 6.45) is 5.54. The Hall–Kier alpha value is -3.03. The average Bonchev–Trinajstić information content (AvgIpc) is 3.46. The fourth-order valence-electron chi connectivity index (χ4n) is 5.21. The second-order valence-electron chi connectivity index (χ2n) is 9.15. The Morgan fingerprint density at radius 1 is 1.15 bits per heavy atom. The Bertz CT molecular complexity index is 1160. The fourth-order valence-corrected chi connectivity index (χ4v) is 5.77. The third-order valence-corrected chi connectivity index (χ3v) is 7.41. The van der Waals surface area contributed by atoms with Gasteiger partial charge in [0.2, 0.25) is 5.91 Å². The van der Waals surface area contributed by atoms with Crippen molar-refractivity contribution in [3.05, 3.63) is 76.2 Å². The number of nitrogens with zero attached hydrogens (tertiary/aromatic N) is 3. The van der Waals surface area contributed by atoms with Crippen LogP contribution < -0.4 is 15.1 Å². The van der Waals surface area contributed by atoms with E-state index in [0.29, 0.717) is 6.54 Å². The number of rotatable bonds is 7. The molecule has 1 aliphatic heterocycles. The van der Waals surface area contributed by atoms with Crippen molar-refractivity contribution in [3.63, 3.8) is 0 Å². The van der Waals surface area contributed by atoms with E-state index in [-0.39, 0.29) is 24.4 Å². The highest BCUT2D eigenvalue weighted by molar-refractivity contribution is 7.07. The lowest BCUT2D eigenvalue weighted by molar-refractivity contribution is -0.124. The van der Waals surface area contributed by atoms with Gasteiger partial charge in [-0.05, 0) is 43.5 Å². The van der Waals surface area contributed by atoms with Gasteiger partial charge in [-0.3, -0.25) is 14.5 Å². The molecule has 7 heteroatoms. The van der Waals surface area contributed by atoms with Crippen LogP contribution in [0.25, 0.3) is 0 Å². The van der Waals surface area contributed by atoms with E-state index >= 15 is 0 Å². The van der Waals surface area contributed by atoms with E-state index in [1.54, 1.807) is 10.4 Å². The monoisotopic (exact) mass is 474 g/mol. The maximum absolute atomic E-state index is 14.0. The Morgan fingerprint density at radius 2 is 1.97 bits per heavy atom. The first-order valence-corrected chi connectivity index (χ1v) is 13.0. The highest BCUT2D eigenvalue weighted by atomic mass is 32.1. The molecule has 5 rings (SSSR count). The number of aryl methyl sites for hydroxylation is 1. The minimum absolute atomic E-state index is 0.00228. The molecule has 176 valence electrons. The second kappa shape index (κ2) is 10.1. The lowest BCUT2D eigenvalue weighted by atomic mass is 9.94. The van der Waals surface area contributed by atoms with Gasteiger partial charge in [-0.2, -0.15) is 0 Å². The smallest absolute Gasteiger partial charge is 0.255 e. The number of nitrogens with one attached hydrogen (secondary N) is 1. The molecule has 3 aromatic rings. The summed E-state index contributed by atoms with van der Waals surface area (Å²) < 4.78 is 0. The van der Waals surface area contributed by atoms with Crippen LogP contribution in [0.1, 0.15) is 55.0 Å². The Morgan fingerprint density at radius 3 is 2.74 bits per heavy atom. The maximum Gasteiger partial charge on any atom is 0.255 e. The minimum atomic E-state index is -0.659. The number of benzene rings is 2. The summed E-state index contributed by atoms with van der Waals surface area (Å²) in [6.45, 7) is 2.65. The molecule has 1 N–H and O–H groups in total. The van der Waals surface area contributed by atoms with Gasteiger partial charge in [0.05, 0.1) is 17.7 Å². The van der Waals surface area contributed by atoms with E-state index in [1.165, 1.54) is 17.8 Å². The van der Waals surface area contributed by atoms with E-state index < -0.39 is 6.04 Å². The summed E-state index contributed by atoms with van der Waals surface area (Å²) >= 11 is 1.53. The van der Waals surface area contributed by atoms with Gasteiger partial charge in [0.1, 0.15) is 6.04 Å². The highest BCUT2D eigenvalue weighted by Crippen LogP contribution is 2.44. The standard InChI is InChI=1S/C27H30N4O2S/c1-19-8-7-11-22(14-19)31(25(32)16-28-15-20-17-34-18-29-20)26-23-12-5-6-13-24(23)30(27(26)33)21-9-3-2-4-10-21/h5-8,11-14,17-18,21,26,28H,2-4,9-10,15-16H2,1H3. The number of aromatic nitrogens is 1. The molecule has 0 saturated heterocycles. The molecule has 0 spiro atoms. The topological polar surface area (TPSA) is 65.5 Å². The van der Waals surface area contributed by atoms with Crippen LogP contribution in [0, 0.1) is 6.92 Å². The predicted octanol–water partition coefficient (Wildman–Crippen LogP) is 4.99. The van der Waals surface area contributed by atoms with Crippen LogP contribution in [0.15, 0.2) is 59.4 Å². The second-order valence-corrected chi connectivity index (χ2v) is 9.87. The number of fused-ring (bicyclic) bond motifs is 1. The molecule has 1 aromatic heterocycles. The lowest BCUT2D eigenvalue weighted by Crippen LogP contribution is -2.47. The number of carbonyl (C=O) groups is 2. The zero-order chi connectivity index (χ0) is 23.5.